The van der Waals surface area contributed by atoms with Crippen molar-refractivity contribution in [1.29, 1.82) is 0 Å². The summed E-state index contributed by atoms with van der Waals surface area (Å²) in [6.07, 6.45) is -4.35. The van der Waals surface area contributed by atoms with Gasteiger partial charge in [0.05, 0.1) is 12.2 Å². The zero-order valence-corrected chi connectivity index (χ0v) is 14.4. The standard InChI is InChI=1S/C19H23F3N2O/c1-14(16-6-4-7-17(12-16)19(20,21)22)24(9-10-25-2)13-15-5-3-8-18(23)11-15/h3-8,11-12,14H,9-10,13,23H2,1-2H3. The maximum absolute atomic E-state index is 13.0. The van der Waals surface area contributed by atoms with Gasteiger partial charge in [0.25, 0.3) is 0 Å². The molecule has 1 atom stereocenters. The Morgan fingerprint density at radius 2 is 1.84 bits per heavy atom. The number of halogens is 3. The summed E-state index contributed by atoms with van der Waals surface area (Å²) in [4.78, 5) is 2.08. The second-order valence-electron chi connectivity index (χ2n) is 6.01. The Labute approximate surface area is 146 Å². The molecule has 6 heteroatoms. The third-order valence-electron chi connectivity index (χ3n) is 4.16. The van der Waals surface area contributed by atoms with Gasteiger partial charge < -0.3 is 10.5 Å². The van der Waals surface area contributed by atoms with E-state index < -0.39 is 11.7 Å². The van der Waals surface area contributed by atoms with Gasteiger partial charge in [0.1, 0.15) is 0 Å². The first-order valence-corrected chi connectivity index (χ1v) is 8.06. The lowest BCUT2D eigenvalue weighted by Crippen LogP contribution is -2.30. The molecule has 0 aromatic heterocycles. The minimum atomic E-state index is -4.35. The quantitative estimate of drug-likeness (QED) is 0.746. The van der Waals surface area contributed by atoms with Crippen LogP contribution in [0.25, 0.3) is 0 Å². The van der Waals surface area contributed by atoms with Crippen molar-refractivity contribution in [3.8, 4) is 0 Å². The van der Waals surface area contributed by atoms with Crippen LogP contribution in [0.5, 0.6) is 0 Å². The van der Waals surface area contributed by atoms with E-state index in [1.807, 2.05) is 25.1 Å². The van der Waals surface area contributed by atoms with Crippen molar-refractivity contribution in [3.05, 3.63) is 65.2 Å². The Kier molecular flexibility index (Phi) is 6.45. The Bertz CT molecular complexity index is 688. The number of anilines is 1. The molecule has 2 rings (SSSR count). The van der Waals surface area contributed by atoms with Gasteiger partial charge in [0.2, 0.25) is 0 Å². The van der Waals surface area contributed by atoms with Crippen LogP contribution in [-0.2, 0) is 17.5 Å². The van der Waals surface area contributed by atoms with Crippen LogP contribution < -0.4 is 5.73 Å². The predicted molar refractivity (Wildman–Crippen MR) is 93.0 cm³/mol. The molecule has 2 aromatic carbocycles. The Morgan fingerprint density at radius 1 is 1.12 bits per heavy atom. The zero-order valence-electron chi connectivity index (χ0n) is 14.4. The van der Waals surface area contributed by atoms with E-state index in [1.165, 1.54) is 12.1 Å². The van der Waals surface area contributed by atoms with Crippen molar-refractivity contribution in [2.24, 2.45) is 0 Å². The highest BCUT2D eigenvalue weighted by molar-refractivity contribution is 5.40. The van der Waals surface area contributed by atoms with Crippen molar-refractivity contribution in [3.63, 3.8) is 0 Å². The van der Waals surface area contributed by atoms with Gasteiger partial charge in [0.15, 0.2) is 0 Å². The molecule has 0 amide bonds. The number of methoxy groups -OCH3 is 1. The van der Waals surface area contributed by atoms with E-state index in [9.17, 15) is 13.2 Å². The van der Waals surface area contributed by atoms with Crippen molar-refractivity contribution in [1.82, 2.24) is 4.90 Å². The van der Waals surface area contributed by atoms with Crippen LogP contribution in [0.4, 0.5) is 18.9 Å². The molecule has 0 aliphatic carbocycles. The highest BCUT2D eigenvalue weighted by atomic mass is 19.4. The number of hydrogen-bond acceptors (Lipinski definition) is 3. The van der Waals surface area contributed by atoms with Gasteiger partial charge in [-0.2, -0.15) is 13.2 Å². The lowest BCUT2D eigenvalue weighted by molar-refractivity contribution is -0.137. The molecule has 0 fully saturated rings. The van der Waals surface area contributed by atoms with Gasteiger partial charge >= 0.3 is 6.18 Å². The van der Waals surface area contributed by atoms with Crippen LogP contribution in [0.1, 0.15) is 29.7 Å². The van der Waals surface area contributed by atoms with E-state index in [0.717, 1.165) is 11.6 Å². The SMILES string of the molecule is COCCN(Cc1cccc(N)c1)C(C)c1cccc(C(F)(F)F)c1. The summed E-state index contributed by atoms with van der Waals surface area (Å²) < 4.78 is 44.1. The molecule has 136 valence electrons. The summed E-state index contributed by atoms with van der Waals surface area (Å²) in [5.74, 6) is 0. The molecule has 0 saturated heterocycles. The van der Waals surface area contributed by atoms with Crippen LogP contribution in [0.3, 0.4) is 0 Å². The summed E-state index contributed by atoms with van der Waals surface area (Å²) in [6.45, 7) is 3.57. The van der Waals surface area contributed by atoms with Crippen LogP contribution in [0.15, 0.2) is 48.5 Å². The molecular weight excluding hydrogens is 329 g/mol. The first-order valence-electron chi connectivity index (χ1n) is 8.06. The first-order chi connectivity index (χ1) is 11.8. The number of ether oxygens (including phenoxy) is 1. The molecular formula is C19H23F3N2O. The maximum Gasteiger partial charge on any atom is 0.416 e. The molecule has 3 nitrogen and oxygen atoms in total. The number of alkyl halides is 3. The van der Waals surface area contributed by atoms with E-state index in [-0.39, 0.29) is 6.04 Å². The monoisotopic (exact) mass is 352 g/mol. The number of rotatable bonds is 7. The first kappa shape index (κ1) is 19.3. The lowest BCUT2D eigenvalue weighted by atomic mass is 10.0. The van der Waals surface area contributed by atoms with E-state index in [0.29, 0.717) is 30.9 Å². The van der Waals surface area contributed by atoms with Gasteiger partial charge in [0, 0.05) is 31.9 Å². The summed E-state index contributed by atoms with van der Waals surface area (Å²) in [6, 6.07) is 12.8. The Hall–Kier alpha value is -2.05. The average molecular weight is 352 g/mol. The van der Waals surface area contributed by atoms with Crippen molar-refractivity contribution >= 4 is 5.69 Å². The lowest BCUT2D eigenvalue weighted by Gasteiger charge is -2.30. The number of benzene rings is 2. The molecule has 0 bridgehead atoms. The number of hydrogen-bond donors (Lipinski definition) is 1. The molecule has 1 unspecified atom stereocenters. The molecule has 0 saturated carbocycles. The summed E-state index contributed by atoms with van der Waals surface area (Å²) in [5.41, 5.74) is 7.48. The topological polar surface area (TPSA) is 38.5 Å². The molecule has 0 heterocycles. The predicted octanol–water partition coefficient (Wildman–Crippen LogP) is 4.50. The fourth-order valence-electron chi connectivity index (χ4n) is 2.73. The van der Waals surface area contributed by atoms with E-state index in [2.05, 4.69) is 4.90 Å². The molecule has 0 spiro atoms. The largest absolute Gasteiger partial charge is 0.416 e. The number of nitrogens with zero attached hydrogens (tertiary/aromatic N) is 1. The fraction of sp³-hybridized carbons (Fsp3) is 0.368. The second-order valence-corrected chi connectivity index (χ2v) is 6.01. The normalized spacial score (nSPS) is 13.2. The van der Waals surface area contributed by atoms with E-state index in [4.69, 9.17) is 10.5 Å². The van der Waals surface area contributed by atoms with Gasteiger partial charge in [-0.1, -0.05) is 24.3 Å². The molecule has 0 aliphatic heterocycles. The third kappa shape index (κ3) is 5.47. The highest BCUT2D eigenvalue weighted by Gasteiger charge is 2.31. The van der Waals surface area contributed by atoms with Gasteiger partial charge in [-0.05, 0) is 42.3 Å². The van der Waals surface area contributed by atoms with Crippen LogP contribution in [0, 0.1) is 0 Å². The molecule has 2 aromatic rings. The zero-order chi connectivity index (χ0) is 18.4. The third-order valence-corrected chi connectivity index (χ3v) is 4.16. The summed E-state index contributed by atoms with van der Waals surface area (Å²) in [7, 11) is 1.60. The Morgan fingerprint density at radius 3 is 2.48 bits per heavy atom. The van der Waals surface area contributed by atoms with E-state index in [1.54, 1.807) is 19.2 Å². The number of nitrogens with two attached hydrogens (primary N) is 1. The van der Waals surface area contributed by atoms with Crippen LogP contribution in [-0.4, -0.2) is 25.2 Å². The smallest absolute Gasteiger partial charge is 0.399 e. The summed E-state index contributed by atoms with van der Waals surface area (Å²) in [5, 5.41) is 0. The summed E-state index contributed by atoms with van der Waals surface area (Å²) >= 11 is 0. The Balaban J connectivity index is 2.24. The van der Waals surface area contributed by atoms with Crippen LogP contribution >= 0.6 is 0 Å². The van der Waals surface area contributed by atoms with Gasteiger partial charge in [-0.25, -0.2) is 0 Å². The van der Waals surface area contributed by atoms with Gasteiger partial charge in [-0.3, -0.25) is 4.90 Å². The maximum atomic E-state index is 13.0. The fourth-order valence-corrected chi connectivity index (χ4v) is 2.73. The minimum absolute atomic E-state index is 0.195. The van der Waals surface area contributed by atoms with Crippen molar-refractivity contribution in [2.75, 3.05) is 26.0 Å². The highest BCUT2D eigenvalue weighted by Crippen LogP contribution is 2.32. The second kappa shape index (κ2) is 8.36. The van der Waals surface area contributed by atoms with Gasteiger partial charge in [-0.15, -0.1) is 0 Å². The average Bonchev–Trinajstić information content (AvgIpc) is 2.57. The number of nitrogen functional groups attached to an aromatic ring is 1. The molecule has 2 N–H and O–H groups in total. The van der Waals surface area contributed by atoms with Crippen molar-refractivity contribution in [2.45, 2.75) is 25.7 Å². The van der Waals surface area contributed by atoms with E-state index >= 15 is 0 Å². The molecule has 25 heavy (non-hydrogen) atoms. The van der Waals surface area contributed by atoms with Crippen molar-refractivity contribution < 1.29 is 17.9 Å². The molecule has 0 radical (unpaired) electrons. The molecule has 0 aliphatic rings. The minimum Gasteiger partial charge on any atom is -0.399 e. The van der Waals surface area contributed by atoms with Crippen LogP contribution in [0.2, 0.25) is 0 Å².